The number of alkyl halides is 26. The zero-order valence-electron chi connectivity index (χ0n) is 28.0. The summed E-state index contributed by atoms with van der Waals surface area (Å²) in [6.07, 6.45) is -29.9. The molecule has 0 aromatic rings. The largest absolute Gasteiger partial charge is 0.481 e. The molecule has 0 aliphatic carbocycles. The van der Waals surface area contributed by atoms with Crippen molar-refractivity contribution >= 4 is 34.0 Å². The Morgan fingerprint density at radius 1 is 0.403 bits per heavy atom. The number of carboxylic acid groups (broad SMARTS) is 4. The van der Waals surface area contributed by atoms with Crippen LogP contribution in [0.3, 0.4) is 0 Å². The van der Waals surface area contributed by atoms with Gasteiger partial charge in [-0.25, -0.2) is 9.59 Å². The van der Waals surface area contributed by atoms with E-state index in [-0.39, 0.29) is 0 Å². The fraction of sp³-hybridized carbons (Fsp3) is 0.750. The predicted octanol–water partition coefficient (Wildman–Crippen LogP) is 8.29. The first kappa shape index (κ1) is 59.8. The van der Waals surface area contributed by atoms with Crippen LogP contribution < -0.4 is 0 Å². The first-order valence-electron chi connectivity index (χ1n) is 14.1. The molecule has 366 valence electrons. The summed E-state index contributed by atoms with van der Waals surface area (Å²) in [7, 11) is -4.84. The minimum atomic E-state index is -8.48. The third kappa shape index (κ3) is 10.9. The quantitative estimate of drug-likeness (QED) is 0.0446. The van der Waals surface area contributed by atoms with Crippen molar-refractivity contribution in [2.75, 3.05) is 0 Å². The van der Waals surface area contributed by atoms with Gasteiger partial charge in [0.15, 0.2) is 5.25 Å². The molecule has 11 nitrogen and oxygen atoms in total. The summed E-state index contributed by atoms with van der Waals surface area (Å²) >= 11 is 0. The van der Waals surface area contributed by atoms with Crippen LogP contribution in [-0.4, -0.2) is 134 Å². The molecule has 62 heavy (non-hydrogen) atoms. The Morgan fingerprint density at radius 3 is 0.774 bits per heavy atom. The summed E-state index contributed by atoms with van der Waals surface area (Å²) < 4.78 is 372. The minimum absolute atomic E-state index is 1.16. The van der Waals surface area contributed by atoms with E-state index in [1.807, 2.05) is 0 Å². The molecule has 5 N–H and O–H groups in total. The van der Waals surface area contributed by atoms with Crippen molar-refractivity contribution in [2.45, 2.75) is 109 Å². The summed E-state index contributed by atoms with van der Waals surface area (Å²) in [6.45, 7) is 0. The Morgan fingerprint density at radius 2 is 0.629 bits per heavy atom. The van der Waals surface area contributed by atoms with Gasteiger partial charge >= 0.3 is 95.5 Å². The maximum atomic E-state index is 14.0. The molecule has 0 aliphatic heterocycles. The Bertz CT molecular complexity index is 1720. The number of hydrogen-bond donors (Lipinski definition) is 5. The maximum absolute atomic E-state index is 14.0. The first-order valence-corrected chi connectivity index (χ1v) is 15.6. The number of hydrogen-bond acceptors (Lipinski definition) is 6. The second-order valence-electron chi connectivity index (χ2n) is 11.5. The van der Waals surface area contributed by atoms with Crippen molar-refractivity contribution in [1.82, 2.24) is 0 Å². The van der Waals surface area contributed by atoms with Gasteiger partial charge in [-0.1, -0.05) is 0 Å². The number of aliphatic carboxylic acids is 4. The summed E-state index contributed by atoms with van der Waals surface area (Å²) in [4.78, 5) is 42.5. The number of carboxylic acids is 4. The Labute approximate surface area is 321 Å². The van der Waals surface area contributed by atoms with Crippen molar-refractivity contribution in [1.29, 1.82) is 0 Å². The van der Waals surface area contributed by atoms with E-state index in [1.165, 1.54) is 0 Å². The fourth-order valence-corrected chi connectivity index (χ4v) is 4.34. The van der Waals surface area contributed by atoms with Crippen LogP contribution in [0.25, 0.3) is 0 Å². The molecule has 0 bridgehead atoms. The van der Waals surface area contributed by atoms with E-state index >= 15 is 0 Å². The lowest BCUT2D eigenvalue weighted by molar-refractivity contribution is -0.440. The lowest BCUT2D eigenvalue weighted by Gasteiger charge is -2.40. The molecule has 0 aliphatic rings. The van der Waals surface area contributed by atoms with Crippen LogP contribution in [-0.2, 0) is 29.3 Å². The zero-order valence-corrected chi connectivity index (χ0v) is 28.9. The molecular weight excluding hydrogens is 990 g/mol. The topological polar surface area (TPSA) is 204 Å². The van der Waals surface area contributed by atoms with Gasteiger partial charge in [-0.2, -0.15) is 123 Å². The van der Waals surface area contributed by atoms with Crippen LogP contribution in [0.5, 0.6) is 0 Å². The van der Waals surface area contributed by atoms with Gasteiger partial charge in [-0.3, -0.25) is 14.1 Å². The molecule has 0 heterocycles. The molecule has 0 saturated heterocycles. The molecule has 0 amide bonds. The normalized spacial score (nSPS) is 15.9. The van der Waals surface area contributed by atoms with E-state index in [1.54, 1.807) is 0 Å². The van der Waals surface area contributed by atoms with Gasteiger partial charge in [0.05, 0.1) is 6.42 Å². The summed E-state index contributed by atoms with van der Waals surface area (Å²) in [6, 6.07) is 0. The highest BCUT2D eigenvalue weighted by molar-refractivity contribution is 7.87. The molecule has 0 aromatic heterocycles. The number of halogens is 26. The molecule has 1 unspecified atom stereocenters. The third-order valence-electron chi connectivity index (χ3n) is 7.25. The average Bonchev–Trinajstić information content (AvgIpc) is 3.02. The average molecular weight is 1010 g/mol. The van der Waals surface area contributed by atoms with Crippen LogP contribution in [0.2, 0.25) is 0 Å². The van der Waals surface area contributed by atoms with E-state index in [0.717, 1.165) is 0 Å². The second kappa shape index (κ2) is 17.7. The van der Waals surface area contributed by atoms with Gasteiger partial charge in [0, 0.05) is 24.0 Å². The summed E-state index contributed by atoms with van der Waals surface area (Å²) in [5.74, 6) is -90.9. The second-order valence-corrected chi connectivity index (χ2v) is 13.1. The fourth-order valence-electron chi connectivity index (χ4n) is 3.73. The molecule has 1 atom stereocenters. The monoisotopic (exact) mass is 1010 g/mol. The van der Waals surface area contributed by atoms with Crippen molar-refractivity contribution in [2.24, 2.45) is 0 Å². The molecule has 0 saturated carbocycles. The van der Waals surface area contributed by atoms with E-state index < -0.39 is 154 Å². The first-order chi connectivity index (χ1) is 26.6. The Kier molecular flexibility index (Phi) is 17.1. The van der Waals surface area contributed by atoms with Crippen molar-refractivity contribution in [3.05, 3.63) is 11.1 Å². The van der Waals surface area contributed by atoms with Crippen LogP contribution in [0.4, 0.5) is 114 Å². The summed E-state index contributed by atoms with van der Waals surface area (Å²) in [5, 5.41) is 31.7. The summed E-state index contributed by atoms with van der Waals surface area (Å²) in [5.41, 5.74) is -5.41. The van der Waals surface area contributed by atoms with Gasteiger partial charge in [-0.05, 0) is 12.8 Å². The van der Waals surface area contributed by atoms with Gasteiger partial charge in [0.25, 0.3) is 10.1 Å². The lowest BCUT2D eigenvalue weighted by Crippen LogP contribution is -2.70. The van der Waals surface area contributed by atoms with Gasteiger partial charge < -0.3 is 20.4 Å². The van der Waals surface area contributed by atoms with Crippen LogP contribution in [0.1, 0.15) is 32.1 Å². The Hall–Kier alpha value is -4.29. The van der Waals surface area contributed by atoms with Gasteiger partial charge in [-0.15, -0.1) is 0 Å². The standard InChI is InChI=1S/C20H10F26O4.C4H6O7S/c21-9(22,11(25,26)13(29,30)15(33,34)17(37,38)19(41,42)43)3-1-5(7(47)48)6(8(49)50)2-4-10(23,24)12(27,28)14(31,32)16(35,36)18(39,40)20(44,45)46;5-3(6)1-2(4(7)8)12(9,10)11/h1-4H2,(H,47,48)(H,49,50);2H,1H2,(H,5,6)(H,7,8)(H,9,10,11)/b6-5-;. The zero-order chi connectivity index (χ0) is 51.1. The maximum Gasteiger partial charge on any atom is 0.460 e. The molecule has 0 spiro atoms. The highest BCUT2D eigenvalue weighted by atomic mass is 32.2. The number of rotatable bonds is 20. The molecule has 0 aromatic carbocycles. The van der Waals surface area contributed by atoms with Crippen molar-refractivity contribution in [3.63, 3.8) is 0 Å². The Balaban J connectivity index is 0. The smallest absolute Gasteiger partial charge is 0.460 e. The van der Waals surface area contributed by atoms with E-state index in [4.69, 9.17) is 25.0 Å². The SMILES string of the molecule is O=C(O)/C(CCC(F)(F)C(F)(F)C(F)(F)C(F)(F)C(F)(F)C(F)(F)F)=C(/CCC(F)(F)C(F)(F)C(F)(F)C(F)(F)C(F)(F)C(F)(F)F)C(=O)O.O=C(O)CC(C(=O)O)S(=O)(=O)O. The highest BCUT2D eigenvalue weighted by Gasteiger charge is 2.92. The lowest BCUT2D eigenvalue weighted by atomic mass is 9.88. The minimum Gasteiger partial charge on any atom is -0.481 e. The van der Waals surface area contributed by atoms with Crippen molar-refractivity contribution < 1.29 is 167 Å². The van der Waals surface area contributed by atoms with Gasteiger partial charge in [0.1, 0.15) is 0 Å². The highest BCUT2D eigenvalue weighted by Crippen LogP contribution is 2.62. The van der Waals surface area contributed by atoms with E-state index in [0.29, 0.717) is 0 Å². The van der Waals surface area contributed by atoms with Crippen LogP contribution in [0.15, 0.2) is 11.1 Å². The molecule has 0 rings (SSSR count). The molecule has 0 fully saturated rings. The third-order valence-corrected chi connectivity index (χ3v) is 8.34. The van der Waals surface area contributed by atoms with E-state index in [2.05, 4.69) is 0 Å². The van der Waals surface area contributed by atoms with Crippen LogP contribution in [0, 0.1) is 0 Å². The van der Waals surface area contributed by atoms with Crippen molar-refractivity contribution in [3.8, 4) is 0 Å². The van der Waals surface area contributed by atoms with Gasteiger partial charge in [0.2, 0.25) is 0 Å². The molecule has 38 heteroatoms. The predicted molar refractivity (Wildman–Crippen MR) is 138 cm³/mol. The van der Waals surface area contributed by atoms with Crippen LogP contribution >= 0.6 is 0 Å². The molecular formula is C24H16F26O11S. The van der Waals surface area contributed by atoms with E-state index in [9.17, 15) is 142 Å². The number of carbonyl (C=O) groups is 4. The molecule has 0 radical (unpaired) electrons.